The molecule has 0 spiro atoms. The third-order valence-electron chi connectivity index (χ3n) is 4.08. The van der Waals surface area contributed by atoms with Crippen LogP contribution in [0.15, 0.2) is 54.6 Å². The number of amides is 3. The van der Waals surface area contributed by atoms with Gasteiger partial charge >= 0.3 is 6.03 Å². The summed E-state index contributed by atoms with van der Waals surface area (Å²) in [5.41, 5.74) is 3.34. The Labute approximate surface area is 168 Å². The number of nitrogens with one attached hydrogen (secondary N) is 2. The van der Waals surface area contributed by atoms with E-state index in [0.717, 1.165) is 0 Å². The Hall–Kier alpha value is -4.12. The Balaban J connectivity index is 1.80. The number of aromatic nitrogens is 2. The van der Waals surface area contributed by atoms with Gasteiger partial charge in [-0.15, -0.1) is 0 Å². The van der Waals surface area contributed by atoms with Crippen molar-refractivity contribution < 1.29 is 9.59 Å². The maximum Gasteiger partial charge on any atom is 0.321 e. The summed E-state index contributed by atoms with van der Waals surface area (Å²) in [5.74, 6) is -0.335. The Morgan fingerprint density at radius 3 is 2.31 bits per heavy atom. The molecule has 0 saturated carbocycles. The first-order chi connectivity index (χ1) is 13.9. The molecule has 0 fully saturated rings. The van der Waals surface area contributed by atoms with Gasteiger partial charge in [0, 0.05) is 25.5 Å². The highest BCUT2D eigenvalue weighted by molar-refractivity contribution is 6.03. The van der Waals surface area contributed by atoms with Crippen molar-refractivity contribution in [1.82, 2.24) is 14.7 Å². The first kappa shape index (κ1) is 19.6. The van der Waals surface area contributed by atoms with Crippen LogP contribution < -0.4 is 10.6 Å². The van der Waals surface area contributed by atoms with Crippen molar-refractivity contribution in [2.75, 3.05) is 24.7 Å². The fourth-order valence-corrected chi connectivity index (χ4v) is 2.63. The molecular formula is C21H20N6O2. The molecule has 0 unspecified atom stereocenters. The van der Waals surface area contributed by atoms with E-state index in [-0.39, 0.29) is 11.9 Å². The number of nitrogens with zero attached hydrogens (tertiary/aromatic N) is 4. The Morgan fingerprint density at radius 1 is 1.03 bits per heavy atom. The third-order valence-corrected chi connectivity index (χ3v) is 4.08. The molecular weight excluding hydrogens is 368 g/mol. The van der Waals surface area contributed by atoms with Crippen LogP contribution in [0.4, 0.5) is 16.2 Å². The van der Waals surface area contributed by atoms with E-state index in [1.54, 1.807) is 75.6 Å². The highest BCUT2D eigenvalue weighted by atomic mass is 16.2. The zero-order valence-electron chi connectivity index (χ0n) is 16.3. The minimum absolute atomic E-state index is 0.235. The lowest BCUT2D eigenvalue weighted by Gasteiger charge is -2.12. The van der Waals surface area contributed by atoms with E-state index < -0.39 is 0 Å². The number of hydrogen-bond acceptors (Lipinski definition) is 4. The maximum absolute atomic E-state index is 12.8. The van der Waals surface area contributed by atoms with Gasteiger partial charge in [0.1, 0.15) is 5.69 Å². The van der Waals surface area contributed by atoms with Crippen molar-refractivity contribution in [2.45, 2.75) is 6.92 Å². The van der Waals surface area contributed by atoms with Crippen LogP contribution in [0.25, 0.3) is 5.69 Å². The maximum atomic E-state index is 12.8. The molecule has 0 aliphatic heterocycles. The van der Waals surface area contributed by atoms with Gasteiger partial charge in [-0.3, -0.25) is 4.79 Å². The lowest BCUT2D eigenvalue weighted by Crippen LogP contribution is -2.27. The number of carbonyl (C=O) groups excluding carboxylic acids is 2. The highest BCUT2D eigenvalue weighted by Crippen LogP contribution is 2.18. The number of anilines is 2. The molecule has 0 radical (unpaired) electrons. The minimum Gasteiger partial charge on any atom is -0.331 e. The lowest BCUT2D eigenvalue weighted by molar-refractivity contribution is 0.101. The van der Waals surface area contributed by atoms with Crippen molar-refractivity contribution in [3.8, 4) is 11.8 Å². The van der Waals surface area contributed by atoms with E-state index in [1.165, 1.54) is 9.58 Å². The first-order valence-electron chi connectivity index (χ1n) is 8.84. The van der Waals surface area contributed by atoms with E-state index >= 15 is 0 Å². The number of carbonyl (C=O) groups is 2. The highest BCUT2D eigenvalue weighted by Gasteiger charge is 2.16. The quantitative estimate of drug-likeness (QED) is 0.715. The molecule has 1 aromatic heterocycles. The van der Waals surface area contributed by atoms with Gasteiger partial charge in [0.15, 0.2) is 0 Å². The van der Waals surface area contributed by atoms with E-state index in [0.29, 0.717) is 34.0 Å². The van der Waals surface area contributed by atoms with Crippen LogP contribution in [0.1, 0.15) is 21.7 Å². The fourth-order valence-electron chi connectivity index (χ4n) is 2.63. The molecule has 3 amide bonds. The second-order valence-corrected chi connectivity index (χ2v) is 6.60. The van der Waals surface area contributed by atoms with Crippen molar-refractivity contribution >= 4 is 23.3 Å². The van der Waals surface area contributed by atoms with Crippen molar-refractivity contribution in [2.24, 2.45) is 0 Å². The predicted octanol–water partition coefficient (Wildman–Crippen LogP) is 3.40. The SMILES string of the molecule is Cc1cc(C(=O)Nc2ccc(NC(=O)N(C)C)cc2)n(-c2cccc(C#N)c2)n1. The number of urea groups is 1. The smallest absolute Gasteiger partial charge is 0.321 e. The third kappa shape index (κ3) is 4.59. The van der Waals surface area contributed by atoms with Gasteiger partial charge in [-0.1, -0.05) is 6.07 Å². The largest absolute Gasteiger partial charge is 0.331 e. The number of benzene rings is 2. The summed E-state index contributed by atoms with van der Waals surface area (Å²) in [6, 6.07) is 17.2. The van der Waals surface area contributed by atoms with Crippen molar-refractivity contribution in [3.05, 3.63) is 71.5 Å². The van der Waals surface area contributed by atoms with Gasteiger partial charge in [0.05, 0.1) is 23.0 Å². The van der Waals surface area contributed by atoms with Crippen LogP contribution in [-0.2, 0) is 0 Å². The van der Waals surface area contributed by atoms with Gasteiger partial charge in [-0.05, 0) is 55.5 Å². The summed E-state index contributed by atoms with van der Waals surface area (Å²) < 4.78 is 1.51. The summed E-state index contributed by atoms with van der Waals surface area (Å²) in [6.45, 7) is 1.80. The summed E-state index contributed by atoms with van der Waals surface area (Å²) in [7, 11) is 3.31. The van der Waals surface area contributed by atoms with E-state index in [9.17, 15) is 9.59 Å². The van der Waals surface area contributed by atoms with Gasteiger partial charge in [0.2, 0.25) is 0 Å². The van der Waals surface area contributed by atoms with E-state index in [2.05, 4.69) is 21.8 Å². The molecule has 0 atom stereocenters. The van der Waals surface area contributed by atoms with Crippen LogP contribution >= 0.6 is 0 Å². The van der Waals surface area contributed by atoms with Crippen LogP contribution in [0.5, 0.6) is 0 Å². The average molecular weight is 388 g/mol. The molecule has 0 aliphatic carbocycles. The molecule has 2 aromatic carbocycles. The van der Waals surface area contributed by atoms with E-state index in [1.807, 2.05) is 0 Å². The summed E-state index contributed by atoms with van der Waals surface area (Å²) >= 11 is 0. The molecule has 3 rings (SSSR count). The minimum atomic E-state index is -0.335. The zero-order valence-corrected chi connectivity index (χ0v) is 16.3. The number of aryl methyl sites for hydroxylation is 1. The molecule has 146 valence electrons. The number of rotatable bonds is 4. The molecule has 0 bridgehead atoms. The topological polar surface area (TPSA) is 103 Å². The van der Waals surface area contributed by atoms with Crippen LogP contribution in [0.2, 0.25) is 0 Å². The standard InChI is InChI=1S/C21H20N6O2/c1-14-11-19(27(25-14)18-6-4-5-15(12-18)13-22)20(28)23-16-7-9-17(10-8-16)24-21(29)26(2)3/h4-12H,1-3H3,(H,23,28)(H,24,29). The van der Waals surface area contributed by atoms with Crippen molar-refractivity contribution in [1.29, 1.82) is 5.26 Å². The van der Waals surface area contributed by atoms with Crippen molar-refractivity contribution in [3.63, 3.8) is 0 Å². The molecule has 3 aromatic rings. The second kappa shape index (κ2) is 8.27. The molecule has 29 heavy (non-hydrogen) atoms. The molecule has 1 heterocycles. The van der Waals surface area contributed by atoms with Gasteiger partial charge < -0.3 is 15.5 Å². The fraction of sp³-hybridized carbons (Fsp3) is 0.143. The Kier molecular flexibility index (Phi) is 5.60. The summed E-state index contributed by atoms with van der Waals surface area (Å²) in [6.07, 6.45) is 0. The number of nitriles is 1. The Bertz CT molecular complexity index is 1090. The molecule has 8 heteroatoms. The first-order valence-corrected chi connectivity index (χ1v) is 8.84. The molecule has 8 nitrogen and oxygen atoms in total. The summed E-state index contributed by atoms with van der Waals surface area (Å²) in [4.78, 5) is 25.9. The monoisotopic (exact) mass is 388 g/mol. The Morgan fingerprint density at radius 2 is 1.69 bits per heavy atom. The van der Waals surface area contributed by atoms with Gasteiger partial charge in [0.25, 0.3) is 5.91 Å². The molecule has 0 saturated heterocycles. The van der Waals surface area contributed by atoms with E-state index in [4.69, 9.17) is 5.26 Å². The van der Waals surface area contributed by atoms with Gasteiger partial charge in [-0.25, -0.2) is 9.48 Å². The summed E-state index contributed by atoms with van der Waals surface area (Å²) in [5, 5.41) is 19.0. The lowest BCUT2D eigenvalue weighted by atomic mass is 10.2. The van der Waals surface area contributed by atoms with Crippen LogP contribution in [0.3, 0.4) is 0 Å². The van der Waals surface area contributed by atoms with Gasteiger partial charge in [-0.2, -0.15) is 10.4 Å². The zero-order chi connectivity index (χ0) is 21.0. The number of hydrogen-bond donors (Lipinski definition) is 2. The van der Waals surface area contributed by atoms with Crippen LogP contribution in [0, 0.1) is 18.3 Å². The second-order valence-electron chi connectivity index (χ2n) is 6.60. The molecule has 0 aliphatic rings. The molecule has 2 N–H and O–H groups in total. The van der Waals surface area contributed by atoms with Crippen LogP contribution in [-0.4, -0.2) is 40.7 Å². The average Bonchev–Trinajstić information content (AvgIpc) is 3.11. The normalized spacial score (nSPS) is 10.1. The predicted molar refractivity (Wildman–Crippen MR) is 110 cm³/mol.